The van der Waals surface area contributed by atoms with E-state index in [0.29, 0.717) is 6.42 Å². The van der Waals surface area contributed by atoms with Gasteiger partial charge in [-0.05, 0) is 18.9 Å². The molecule has 0 saturated carbocycles. The molecule has 0 aromatic rings. The zero-order valence-corrected chi connectivity index (χ0v) is 7.34. The number of carbonyl (C=O) groups excluding carboxylic acids is 1. The van der Waals surface area contributed by atoms with E-state index in [2.05, 4.69) is 9.47 Å². The lowest BCUT2D eigenvalue weighted by Gasteiger charge is -2.17. The van der Waals surface area contributed by atoms with Crippen LogP contribution in [-0.4, -0.2) is 30.1 Å². The molecule has 0 aromatic carbocycles. The molecule has 1 aliphatic heterocycles. The van der Waals surface area contributed by atoms with E-state index < -0.39 is 25.0 Å². The van der Waals surface area contributed by atoms with Crippen molar-refractivity contribution in [2.24, 2.45) is 0 Å². The first-order chi connectivity index (χ1) is 6.70. The molecule has 1 heterocycles. The van der Waals surface area contributed by atoms with Crippen LogP contribution in [0, 0.1) is 0 Å². The van der Waals surface area contributed by atoms with Gasteiger partial charge in [-0.1, -0.05) is 0 Å². The minimum Gasteiger partial charge on any atom is -0.487 e. The van der Waals surface area contributed by atoms with Gasteiger partial charge in [0.1, 0.15) is 0 Å². The molecule has 0 spiro atoms. The summed E-state index contributed by atoms with van der Waals surface area (Å²) in [4.78, 5) is 21.0. The highest BCUT2D eigenvalue weighted by Crippen LogP contribution is 2.11. The predicted octanol–water partition coefficient (Wildman–Crippen LogP) is 0.874. The maximum absolute atomic E-state index is 11.1. The molecule has 1 N–H and O–H groups in total. The number of allylic oxidation sites excluding steroid dienone is 1. The summed E-state index contributed by atoms with van der Waals surface area (Å²) < 4.78 is 13.4. The van der Waals surface area contributed by atoms with Crippen LogP contribution in [0.15, 0.2) is 12.3 Å². The molecule has 78 valence electrons. The SMILES string of the molecule is O=C(O)OCOC(=O)C1CCC=CO1. The van der Waals surface area contributed by atoms with Crippen LogP contribution >= 0.6 is 0 Å². The number of esters is 1. The van der Waals surface area contributed by atoms with Crippen molar-refractivity contribution in [3.05, 3.63) is 12.3 Å². The molecule has 6 heteroatoms. The molecule has 1 atom stereocenters. The lowest BCUT2D eigenvalue weighted by Crippen LogP contribution is -2.27. The highest BCUT2D eigenvalue weighted by Gasteiger charge is 2.22. The summed E-state index contributed by atoms with van der Waals surface area (Å²) in [5.74, 6) is -0.615. The van der Waals surface area contributed by atoms with Crippen LogP contribution in [-0.2, 0) is 19.0 Å². The molecule has 0 saturated heterocycles. The van der Waals surface area contributed by atoms with Gasteiger partial charge in [0, 0.05) is 0 Å². The van der Waals surface area contributed by atoms with Crippen LogP contribution in [0.1, 0.15) is 12.8 Å². The standard InChI is InChI=1S/C8H10O6/c9-7(13-5-14-8(10)11)6-3-1-2-4-12-6/h2,4,6H,1,3,5H2,(H,10,11). The predicted molar refractivity (Wildman–Crippen MR) is 43.3 cm³/mol. The van der Waals surface area contributed by atoms with Crippen LogP contribution in [0.4, 0.5) is 4.79 Å². The molecule has 0 fully saturated rings. The Morgan fingerprint density at radius 3 is 2.86 bits per heavy atom. The van der Waals surface area contributed by atoms with Crippen molar-refractivity contribution in [1.29, 1.82) is 0 Å². The lowest BCUT2D eigenvalue weighted by molar-refractivity contribution is -0.163. The van der Waals surface area contributed by atoms with Gasteiger partial charge in [-0.15, -0.1) is 0 Å². The number of hydrogen-bond acceptors (Lipinski definition) is 5. The van der Waals surface area contributed by atoms with E-state index in [-0.39, 0.29) is 0 Å². The largest absolute Gasteiger partial charge is 0.508 e. The zero-order chi connectivity index (χ0) is 10.4. The van der Waals surface area contributed by atoms with Crippen LogP contribution in [0.3, 0.4) is 0 Å². The smallest absolute Gasteiger partial charge is 0.487 e. The van der Waals surface area contributed by atoms with E-state index in [1.54, 1.807) is 6.08 Å². The molecule has 6 nitrogen and oxygen atoms in total. The Kier molecular flexibility index (Phi) is 3.78. The van der Waals surface area contributed by atoms with Crippen molar-refractivity contribution in [2.75, 3.05) is 6.79 Å². The second kappa shape index (κ2) is 5.11. The van der Waals surface area contributed by atoms with Gasteiger partial charge in [0.25, 0.3) is 0 Å². The first-order valence-electron chi connectivity index (χ1n) is 4.03. The van der Waals surface area contributed by atoms with E-state index >= 15 is 0 Å². The first kappa shape index (κ1) is 10.4. The van der Waals surface area contributed by atoms with Gasteiger partial charge in [0.15, 0.2) is 6.10 Å². The van der Waals surface area contributed by atoms with Gasteiger partial charge >= 0.3 is 12.1 Å². The van der Waals surface area contributed by atoms with Gasteiger partial charge in [-0.2, -0.15) is 0 Å². The van der Waals surface area contributed by atoms with Crippen LogP contribution in [0.5, 0.6) is 0 Å². The van der Waals surface area contributed by atoms with Crippen molar-refractivity contribution in [1.82, 2.24) is 0 Å². The molecule has 1 unspecified atom stereocenters. The van der Waals surface area contributed by atoms with Crippen molar-refractivity contribution >= 4 is 12.1 Å². The lowest BCUT2D eigenvalue weighted by atomic mass is 10.2. The maximum atomic E-state index is 11.1. The summed E-state index contributed by atoms with van der Waals surface area (Å²) in [7, 11) is 0. The summed E-state index contributed by atoms with van der Waals surface area (Å²) in [6.45, 7) is -0.599. The normalized spacial score (nSPS) is 19.6. The molecule has 0 aromatic heterocycles. The molecule has 14 heavy (non-hydrogen) atoms. The third kappa shape index (κ3) is 3.34. The number of carboxylic acid groups (broad SMARTS) is 1. The quantitative estimate of drug-likeness (QED) is 0.540. The fourth-order valence-electron chi connectivity index (χ4n) is 0.938. The third-order valence-electron chi connectivity index (χ3n) is 1.58. The first-order valence-corrected chi connectivity index (χ1v) is 4.03. The topological polar surface area (TPSA) is 82.1 Å². The van der Waals surface area contributed by atoms with E-state index in [1.807, 2.05) is 0 Å². The molecule has 1 rings (SSSR count). The van der Waals surface area contributed by atoms with Crippen LogP contribution < -0.4 is 0 Å². The highest BCUT2D eigenvalue weighted by atomic mass is 16.8. The minimum atomic E-state index is -1.48. The second-order valence-corrected chi connectivity index (χ2v) is 2.57. The Morgan fingerprint density at radius 1 is 1.50 bits per heavy atom. The summed E-state index contributed by atoms with van der Waals surface area (Å²) in [6, 6.07) is 0. The number of carbonyl (C=O) groups is 2. The number of ether oxygens (including phenoxy) is 3. The molecular formula is C8H10O6. The van der Waals surface area contributed by atoms with Crippen LogP contribution in [0.25, 0.3) is 0 Å². The van der Waals surface area contributed by atoms with Crippen LogP contribution in [0.2, 0.25) is 0 Å². The Balaban J connectivity index is 2.20. The Hall–Kier alpha value is -1.72. The van der Waals surface area contributed by atoms with Gasteiger partial charge in [0.05, 0.1) is 6.26 Å². The summed E-state index contributed by atoms with van der Waals surface area (Å²) in [6.07, 6.45) is 2.34. The zero-order valence-electron chi connectivity index (χ0n) is 7.34. The molecule has 1 aliphatic rings. The van der Waals surface area contributed by atoms with E-state index in [1.165, 1.54) is 6.26 Å². The van der Waals surface area contributed by atoms with E-state index in [9.17, 15) is 9.59 Å². The van der Waals surface area contributed by atoms with Gasteiger partial charge in [0.2, 0.25) is 6.79 Å². The highest BCUT2D eigenvalue weighted by molar-refractivity contribution is 5.74. The van der Waals surface area contributed by atoms with Crippen molar-refractivity contribution in [3.8, 4) is 0 Å². The molecule has 0 aliphatic carbocycles. The van der Waals surface area contributed by atoms with Crippen molar-refractivity contribution in [2.45, 2.75) is 18.9 Å². The van der Waals surface area contributed by atoms with E-state index in [0.717, 1.165) is 6.42 Å². The van der Waals surface area contributed by atoms with Gasteiger partial charge in [-0.3, -0.25) is 0 Å². The van der Waals surface area contributed by atoms with Crippen molar-refractivity contribution < 1.29 is 28.9 Å². The second-order valence-electron chi connectivity index (χ2n) is 2.57. The number of rotatable bonds is 3. The molecule has 0 radical (unpaired) electrons. The molecule has 0 amide bonds. The molecular weight excluding hydrogens is 192 g/mol. The minimum absolute atomic E-state index is 0.530. The molecule has 0 bridgehead atoms. The summed E-state index contributed by atoms with van der Waals surface area (Å²) >= 11 is 0. The third-order valence-corrected chi connectivity index (χ3v) is 1.58. The summed E-state index contributed by atoms with van der Waals surface area (Å²) in [5, 5.41) is 8.08. The summed E-state index contributed by atoms with van der Waals surface area (Å²) in [5.41, 5.74) is 0. The fourth-order valence-corrected chi connectivity index (χ4v) is 0.938. The average Bonchev–Trinajstić information content (AvgIpc) is 2.18. The van der Waals surface area contributed by atoms with E-state index in [4.69, 9.17) is 9.84 Å². The van der Waals surface area contributed by atoms with Crippen molar-refractivity contribution in [3.63, 3.8) is 0 Å². The van der Waals surface area contributed by atoms with Gasteiger partial charge in [-0.25, -0.2) is 9.59 Å². The Morgan fingerprint density at radius 2 is 2.29 bits per heavy atom. The number of hydrogen-bond donors (Lipinski definition) is 1. The Bertz CT molecular complexity index is 246. The Labute approximate surface area is 80.1 Å². The van der Waals surface area contributed by atoms with Gasteiger partial charge < -0.3 is 19.3 Å². The fraction of sp³-hybridized carbons (Fsp3) is 0.500. The maximum Gasteiger partial charge on any atom is 0.508 e. The average molecular weight is 202 g/mol. The monoisotopic (exact) mass is 202 g/mol.